The van der Waals surface area contributed by atoms with Crippen LogP contribution in [0.3, 0.4) is 0 Å². The van der Waals surface area contributed by atoms with E-state index in [0.29, 0.717) is 5.92 Å². The molecule has 1 atom stereocenters. The summed E-state index contributed by atoms with van der Waals surface area (Å²) < 4.78 is 2.17. The van der Waals surface area contributed by atoms with Crippen molar-refractivity contribution in [3.05, 3.63) is 18.2 Å². The Hall–Kier alpha value is -0.870. The normalized spacial score (nSPS) is 17.6. The van der Waals surface area contributed by atoms with E-state index >= 15 is 0 Å². The lowest BCUT2D eigenvalue weighted by Gasteiger charge is -2.20. The van der Waals surface area contributed by atoms with Crippen molar-refractivity contribution in [1.82, 2.24) is 14.5 Å². The monoisotopic (exact) mass is 237 g/mol. The smallest absolute Gasteiger partial charge is 0.105 e. The van der Waals surface area contributed by atoms with E-state index in [1.807, 2.05) is 19.3 Å². The van der Waals surface area contributed by atoms with E-state index in [0.717, 1.165) is 31.9 Å². The Balaban J connectivity index is 1.62. The van der Waals surface area contributed by atoms with Gasteiger partial charge in [0.15, 0.2) is 0 Å². The number of nitrogens with zero attached hydrogens (tertiary/aromatic N) is 3. The van der Waals surface area contributed by atoms with E-state index in [1.54, 1.807) is 0 Å². The second kappa shape index (κ2) is 5.65. The fraction of sp³-hybridized carbons (Fsp3) is 0.769. The van der Waals surface area contributed by atoms with Crippen LogP contribution in [-0.2, 0) is 6.54 Å². The summed E-state index contributed by atoms with van der Waals surface area (Å²) in [5.41, 5.74) is 0. The van der Waals surface area contributed by atoms with Gasteiger partial charge in [0.25, 0.3) is 0 Å². The van der Waals surface area contributed by atoms with E-state index < -0.39 is 0 Å². The first-order chi connectivity index (χ1) is 8.16. The summed E-state index contributed by atoms with van der Waals surface area (Å²) in [6, 6.07) is 0. The first-order valence-corrected chi connectivity index (χ1v) is 6.51. The first kappa shape index (κ1) is 12.6. The minimum absolute atomic E-state index is 0.116. The second-order valence-corrected chi connectivity index (χ2v) is 5.19. The van der Waals surface area contributed by atoms with Crippen LogP contribution in [0.25, 0.3) is 0 Å². The number of imidazole rings is 1. The van der Waals surface area contributed by atoms with E-state index in [9.17, 15) is 5.11 Å². The molecule has 0 saturated heterocycles. The zero-order valence-electron chi connectivity index (χ0n) is 10.8. The van der Waals surface area contributed by atoms with Gasteiger partial charge < -0.3 is 14.6 Å². The maximum Gasteiger partial charge on any atom is 0.105 e. The number of aliphatic hydroxyl groups excluding tert-OH is 1. The lowest BCUT2D eigenvalue weighted by Crippen LogP contribution is -2.31. The van der Waals surface area contributed by atoms with Crippen LogP contribution in [0.4, 0.5) is 0 Å². The number of likely N-dealkylation sites (N-methyl/N-ethyl adjacent to an activating group) is 1. The molecule has 1 saturated carbocycles. The van der Waals surface area contributed by atoms with Gasteiger partial charge in [-0.15, -0.1) is 0 Å². The van der Waals surface area contributed by atoms with Gasteiger partial charge in [-0.25, -0.2) is 4.98 Å². The molecule has 0 aromatic carbocycles. The highest BCUT2D eigenvalue weighted by molar-refractivity contribution is 4.88. The first-order valence-electron chi connectivity index (χ1n) is 6.51. The number of aryl methyl sites for hydroxylation is 2. The third kappa shape index (κ3) is 3.82. The molecular weight excluding hydrogens is 214 g/mol. The molecule has 2 rings (SSSR count). The average molecular weight is 237 g/mol. The third-order valence-electron chi connectivity index (χ3n) is 3.53. The molecule has 0 amide bonds. The van der Waals surface area contributed by atoms with Crippen molar-refractivity contribution in [2.45, 2.75) is 38.8 Å². The molecule has 0 aliphatic heterocycles. The Labute approximate surface area is 103 Å². The fourth-order valence-electron chi connectivity index (χ4n) is 2.19. The van der Waals surface area contributed by atoms with Gasteiger partial charge in [-0.3, -0.25) is 0 Å². The van der Waals surface area contributed by atoms with Crippen molar-refractivity contribution < 1.29 is 5.11 Å². The number of hydrogen-bond donors (Lipinski definition) is 1. The summed E-state index contributed by atoms with van der Waals surface area (Å²) in [5.74, 6) is 1.65. The van der Waals surface area contributed by atoms with Crippen molar-refractivity contribution in [2.24, 2.45) is 5.92 Å². The maximum atomic E-state index is 9.83. The molecule has 1 N–H and O–H groups in total. The summed E-state index contributed by atoms with van der Waals surface area (Å²) >= 11 is 0. The largest absolute Gasteiger partial charge is 0.392 e. The molecule has 4 nitrogen and oxygen atoms in total. The summed E-state index contributed by atoms with van der Waals surface area (Å²) in [6.45, 7) is 4.88. The highest BCUT2D eigenvalue weighted by atomic mass is 16.3. The fourth-order valence-corrected chi connectivity index (χ4v) is 2.19. The van der Waals surface area contributed by atoms with Crippen LogP contribution in [0.1, 0.15) is 25.1 Å². The zero-order valence-corrected chi connectivity index (χ0v) is 10.8. The van der Waals surface area contributed by atoms with Crippen LogP contribution in [-0.4, -0.2) is 45.8 Å². The van der Waals surface area contributed by atoms with E-state index in [2.05, 4.69) is 21.5 Å². The highest BCUT2D eigenvalue weighted by Crippen LogP contribution is 2.32. The Morgan fingerprint density at radius 3 is 2.94 bits per heavy atom. The number of hydrogen-bond acceptors (Lipinski definition) is 3. The molecule has 1 heterocycles. The molecular formula is C13H23N3O. The number of rotatable bonds is 7. The molecule has 96 valence electrons. The molecule has 1 unspecified atom stereocenters. The lowest BCUT2D eigenvalue weighted by atomic mass is 10.2. The van der Waals surface area contributed by atoms with Crippen LogP contribution in [0.15, 0.2) is 12.4 Å². The number of aliphatic hydroxyl groups is 1. The van der Waals surface area contributed by atoms with Gasteiger partial charge in [0, 0.05) is 25.5 Å². The Morgan fingerprint density at radius 1 is 1.59 bits per heavy atom. The maximum absolute atomic E-state index is 9.83. The SMILES string of the molecule is Cc1nccn1CCCN(C)CC(O)C1CC1. The Morgan fingerprint density at radius 2 is 2.35 bits per heavy atom. The molecule has 17 heavy (non-hydrogen) atoms. The van der Waals surface area contributed by atoms with Crippen LogP contribution in [0.2, 0.25) is 0 Å². The summed E-state index contributed by atoms with van der Waals surface area (Å²) in [6.07, 6.45) is 7.27. The number of aromatic nitrogens is 2. The molecule has 1 aliphatic rings. The van der Waals surface area contributed by atoms with Gasteiger partial charge in [0.1, 0.15) is 5.82 Å². The molecule has 0 bridgehead atoms. The summed E-state index contributed by atoms with van der Waals surface area (Å²) in [4.78, 5) is 6.43. The van der Waals surface area contributed by atoms with Gasteiger partial charge in [-0.05, 0) is 45.7 Å². The van der Waals surface area contributed by atoms with Crippen molar-refractivity contribution in [3.8, 4) is 0 Å². The van der Waals surface area contributed by atoms with Crippen molar-refractivity contribution in [2.75, 3.05) is 20.1 Å². The Bertz CT molecular complexity index is 346. The van der Waals surface area contributed by atoms with Crippen molar-refractivity contribution in [3.63, 3.8) is 0 Å². The third-order valence-corrected chi connectivity index (χ3v) is 3.53. The zero-order chi connectivity index (χ0) is 12.3. The Kier molecular flexibility index (Phi) is 4.18. The minimum atomic E-state index is -0.116. The average Bonchev–Trinajstić information content (AvgIpc) is 3.05. The molecule has 1 aliphatic carbocycles. The van der Waals surface area contributed by atoms with Crippen LogP contribution >= 0.6 is 0 Å². The topological polar surface area (TPSA) is 41.3 Å². The molecule has 0 radical (unpaired) electrons. The minimum Gasteiger partial charge on any atom is -0.392 e. The highest BCUT2D eigenvalue weighted by Gasteiger charge is 2.29. The lowest BCUT2D eigenvalue weighted by molar-refractivity contribution is 0.106. The molecule has 4 heteroatoms. The quantitative estimate of drug-likeness (QED) is 0.777. The van der Waals surface area contributed by atoms with Gasteiger partial charge in [-0.1, -0.05) is 0 Å². The van der Waals surface area contributed by atoms with Crippen molar-refractivity contribution >= 4 is 0 Å². The summed E-state index contributed by atoms with van der Waals surface area (Å²) in [7, 11) is 2.09. The molecule has 1 aromatic heterocycles. The van der Waals surface area contributed by atoms with Gasteiger partial charge in [-0.2, -0.15) is 0 Å². The predicted molar refractivity (Wildman–Crippen MR) is 67.8 cm³/mol. The molecule has 1 aromatic rings. The van der Waals surface area contributed by atoms with Gasteiger partial charge >= 0.3 is 0 Å². The van der Waals surface area contributed by atoms with Gasteiger partial charge in [0.05, 0.1) is 6.10 Å². The summed E-state index contributed by atoms with van der Waals surface area (Å²) in [5, 5.41) is 9.83. The molecule has 1 fully saturated rings. The van der Waals surface area contributed by atoms with Gasteiger partial charge in [0.2, 0.25) is 0 Å². The second-order valence-electron chi connectivity index (χ2n) is 5.19. The van der Waals surface area contributed by atoms with Crippen molar-refractivity contribution in [1.29, 1.82) is 0 Å². The standard InChI is InChI=1S/C13H23N3O/c1-11-14-6-9-16(11)8-3-7-15(2)10-13(17)12-4-5-12/h6,9,12-13,17H,3-5,7-8,10H2,1-2H3. The van der Waals surface area contributed by atoms with Crippen LogP contribution < -0.4 is 0 Å². The van der Waals surface area contributed by atoms with E-state index in [1.165, 1.54) is 12.8 Å². The van der Waals surface area contributed by atoms with E-state index in [4.69, 9.17) is 0 Å². The molecule has 0 spiro atoms. The van der Waals surface area contributed by atoms with E-state index in [-0.39, 0.29) is 6.10 Å². The van der Waals surface area contributed by atoms with Crippen LogP contribution in [0.5, 0.6) is 0 Å². The van der Waals surface area contributed by atoms with Crippen LogP contribution in [0, 0.1) is 12.8 Å². The predicted octanol–water partition coefficient (Wildman–Crippen LogP) is 1.28.